The Morgan fingerprint density at radius 2 is 2.28 bits per heavy atom. The molecule has 0 unspecified atom stereocenters. The number of thiophene rings is 1. The van der Waals surface area contributed by atoms with E-state index in [0.717, 1.165) is 49.7 Å². The number of anilines is 1. The highest BCUT2D eigenvalue weighted by Gasteiger charge is 2.10. The van der Waals surface area contributed by atoms with Crippen LogP contribution in [0.1, 0.15) is 18.4 Å². The summed E-state index contributed by atoms with van der Waals surface area (Å²) in [6.07, 6.45) is 1.55. The van der Waals surface area contributed by atoms with Crippen LogP contribution in [0.3, 0.4) is 0 Å². The second-order valence-corrected chi connectivity index (χ2v) is 5.59. The van der Waals surface area contributed by atoms with E-state index in [-0.39, 0.29) is 5.91 Å². The molecular weight excluding hydrogens is 246 g/mol. The smallest absolute Gasteiger partial charge is 0.225 e. The lowest BCUT2D eigenvalue weighted by molar-refractivity contribution is -0.116. The first kappa shape index (κ1) is 13.5. The van der Waals surface area contributed by atoms with E-state index >= 15 is 0 Å². The first-order valence-electron chi connectivity index (χ1n) is 6.53. The first-order valence-corrected chi connectivity index (χ1v) is 7.40. The van der Waals surface area contributed by atoms with E-state index < -0.39 is 0 Å². The van der Waals surface area contributed by atoms with Crippen LogP contribution < -0.4 is 10.6 Å². The summed E-state index contributed by atoms with van der Waals surface area (Å²) in [6, 6.07) is 2.03. The van der Waals surface area contributed by atoms with E-state index in [9.17, 15) is 4.79 Å². The number of carbonyl (C=O) groups is 1. The van der Waals surface area contributed by atoms with Gasteiger partial charge >= 0.3 is 0 Å². The van der Waals surface area contributed by atoms with Crippen LogP contribution >= 0.6 is 11.3 Å². The van der Waals surface area contributed by atoms with Gasteiger partial charge in [-0.15, -0.1) is 11.3 Å². The second-order valence-electron chi connectivity index (χ2n) is 4.68. The molecule has 0 spiro atoms. The fourth-order valence-electron chi connectivity index (χ4n) is 2.09. The normalized spacial score (nSPS) is 16.7. The highest BCUT2D eigenvalue weighted by Crippen LogP contribution is 2.21. The fraction of sp³-hybridized carbons (Fsp3) is 0.615. The zero-order valence-corrected chi connectivity index (χ0v) is 11.7. The van der Waals surface area contributed by atoms with Gasteiger partial charge in [0.05, 0.1) is 5.00 Å². The molecular formula is C13H21N3OS. The second kappa shape index (κ2) is 6.87. The van der Waals surface area contributed by atoms with Crippen molar-refractivity contribution in [2.24, 2.45) is 0 Å². The van der Waals surface area contributed by atoms with Crippen molar-refractivity contribution in [3.8, 4) is 0 Å². The Kier molecular flexibility index (Phi) is 5.16. The monoisotopic (exact) mass is 267 g/mol. The molecule has 2 rings (SSSR count). The lowest BCUT2D eigenvalue weighted by Crippen LogP contribution is -2.43. The molecule has 1 aromatic rings. The summed E-state index contributed by atoms with van der Waals surface area (Å²) in [5.41, 5.74) is 1.15. The van der Waals surface area contributed by atoms with Gasteiger partial charge in [0.15, 0.2) is 0 Å². The summed E-state index contributed by atoms with van der Waals surface area (Å²) in [4.78, 5) is 14.2. The average Bonchev–Trinajstić information content (AvgIpc) is 2.76. The van der Waals surface area contributed by atoms with E-state index in [1.807, 2.05) is 18.4 Å². The van der Waals surface area contributed by atoms with Crippen LogP contribution in [0, 0.1) is 6.92 Å². The maximum Gasteiger partial charge on any atom is 0.225 e. The summed E-state index contributed by atoms with van der Waals surface area (Å²) in [5, 5.41) is 9.30. The zero-order chi connectivity index (χ0) is 12.8. The van der Waals surface area contributed by atoms with Gasteiger partial charge in [0.2, 0.25) is 5.91 Å². The number of nitrogens with zero attached hydrogens (tertiary/aromatic N) is 1. The van der Waals surface area contributed by atoms with Crippen molar-refractivity contribution >= 4 is 22.2 Å². The molecule has 0 radical (unpaired) electrons. The highest BCUT2D eigenvalue weighted by atomic mass is 32.1. The fourth-order valence-corrected chi connectivity index (χ4v) is 2.92. The standard InChI is InChI=1S/C13H21N3OS/c1-11-4-10-18-13(11)15-12(17)3-2-7-16-8-5-14-6-9-16/h4,10,14H,2-3,5-9H2,1H3,(H,15,17). The Bertz CT molecular complexity index is 385. The van der Waals surface area contributed by atoms with E-state index in [2.05, 4.69) is 15.5 Å². The number of nitrogens with one attached hydrogen (secondary N) is 2. The van der Waals surface area contributed by atoms with Gasteiger partial charge < -0.3 is 15.5 Å². The van der Waals surface area contributed by atoms with Crippen LogP contribution in [-0.2, 0) is 4.79 Å². The van der Waals surface area contributed by atoms with Crippen molar-refractivity contribution in [3.63, 3.8) is 0 Å². The SMILES string of the molecule is Cc1ccsc1NC(=O)CCCN1CCNCC1. The van der Waals surface area contributed by atoms with Crippen LogP contribution in [0.5, 0.6) is 0 Å². The van der Waals surface area contributed by atoms with E-state index in [1.165, 1.54) is 0 Å². The summed E-state index contributed by atoms with van der Waals surface area (Å²) in [6.45, 7) is 7.39. The van der Waals surface area contributed by atoms with Crippen molar-refractivity contribution in [3.05, 3.63) is 17.0 Å². The van der Waals surface area contributed by atoms with Gasteiger partial charge in [-0.1, -0.05) is 0 Å². The van der Waals surface area contributed by atoms with Gasteiger partial charge in [0.25, 0.3) is 0 Å². The van der Waals surface area contributed by atoms with Crippen LogP contribution in [0.4, 0.5) is 5.00 Å². The molecule has 1 aromatic heterocycles. The largest absolute Gasteiger partial charge is 0.317 e. The third-order valence-corrected chi connectivity index (χ3v) is 4.13. The molecule has 1 amide bonds. The van der Waals surface area contributed by atoms with Crippen LogP contribution in [0.2, 0.25) is 0 Å². The number of piperazine rings is 1. The van der Waals surface area contributed by atoms with Gasteiger partial charge in [-0.2, -0.15) is 0 Å². The Hall–Kier alpha value is -0.910. The third kappa shape index (κ3) is 4.08. The predicted molar refractivity (Wildman–Crippen MR) is 76.2 cm³/mol. The molecule has 5 heteroatoms. The van der Waals surface area contributed by atoms with Gasteiger partial charge in [-0.25, -0.2) is 0 Å². The first-order chi connectivity index (χ1) is 8.75. The number of carbonyl (C=O) groups excluding carboxylic acids is 1. The minimum absolute atomic E-state index is 0.135. The average molecular weight is 267 g/mol. The quantitative estimate of drug-likeness (QED) is 0.853. The molecule has 0 aliphatic carbocycles. The third-order valence-electron chi connectivity index (χ3n) is 3.20. The summed E-state index contributed by atoms with van der Waals surface area (Å²) < 4.78 is 0. The van der Waals surface area contributed by atoms with Crippen molar-refractivity contribution in [2.75, 3.05) is 38.0 Å². The topological polar surface area (TPSA) is 44.4 Å². The minimum Gasteiger partial charge on any atom is -0.317 e. The van der Waals surface area contributed by atoms with Crippen molar-refractivity contribution in [1.82, 2.24) is 10.2 Å². The highest BCUT2D eigenvalue weighted by molar-refractivity contribution is 7.14. The summed E-state index contributed by atoms with van der Waals surface area (Å²) >= 11 is 1.59. The van der Waals surface area contributed by atoms with E-state index in [1.54, 1.807) is 11.3 Å². The van der Waals surface area contributed by atoms with E-state index in [0.29, 0.717) is 6.42 Å². The van der Waals surface area contributed by atoms with Crippen LogP contribution in [-0.4, -0.2) is 43.5 Å². The number of rotatable bonds is 5. The molecule has 0 saturated carbocycles. The maximum absolute atomic E-state index is 11.8. The van der Waals surface area contributed by atoms with Crippen molar-refractivity contribution < 1.29 is 4.79 Å². The molecule has 1 aliphatic rings. The van der Waals surface area contributed by atoms with Gasteiger partial charge in [-0.3, -0.25) is 4.79 Å². The Balaban J connectivity index is 1.64. The molecule has 0 atom stereocenters. The molecule has 2 N–H and O–H groups in total. The predicted octanol–water partition coefficient (Wildman–Crippen LogP) is 1.68. The molecule has 4 nitrogen and oxygen atoms in total. The molecule has 1 fully saturated rings. The number of amides is 1. The molecule has 0 bridgehead atoms. The van der Waals surface area contributed by atoms with Gasteiger partial charge in [-0.05, 0) is 36.9 Å². The van der Waals surface area contributed by atoms with Crippen molar-refractivity contribution in [1.29, 1.82) is 0 Å². The molecule has 1 saturated heterocycles. The maximum atomic E-state index is 11.8. The molecule has 2 heterocycles. The van der Waals surface area contributed by atoms with Crippen molar-refractivity contribution in [2.45, 2.75) is 19.8 Å². The van der Waals surface area contributed by atoms with Crippen LogP contribution in [0.25, 0.3) is 0 Å². The lowest BCUT2D eigenvalue weighted by Gasteiger charge is -2.26. The van der Waals surface area contributed by atoms with Gasteiger partial charge in [0.1, 0.15) is 0 Å². The molecule has 100 valence electrons. The number of hydrogen-bond donors (Lipinski definition) is 2. The number of hydrogen-bond acceptors (Lipinski definition) is 4. The molecule has 0 aromatic carbocycles. The number of aryl methyl sites for hydroxylation is 1. The van der Waals surface area contributed by atoms with Crippen LogP contribution in [0.15, 0.2) is 11.4 Å². The van der Waals surface area contributed by atoms with E-state index in [4.69, 9.17) is 0 Å². The Morgan fingerprint density at radius 3 is 2.94 bits per heavy atom. The summed E-state index contributed by atoms with van der Waals surface area (Å²) in [5.74, 6) is 0.135. The summed E-state index contributed by atoms with van der Waals surface area (Å²) in [7, 11) is 0. The lowest BCUT2D eigenvalue weighted by atomic mass is 10.2. The molecule has 1 aliphatic heterocycles. The Labute approximate surface area is 112 Å². The zero-order valence-electron chi connectivity index (χ0n) is 10.9. The minimum atomic E-state index is 0.135. The van der Waals surface area contributed by atoms with Gasteiger partial charge in [0, 0.05) is 32.6 Å². The Morgan fingerprint density at radius 1 is 1.50 bits per heavy atom. The molecule has 18 heavy (non-hydrogen) atoms.